The number of aromatic amines is 1. The van der Waals surface area contributed by atoms with E-state index in [9.17, 15) is 13.2 Å². The van der Waals surface area contributed by atoms with E-state index >= 15 is 0 Å². The van der Waals surface area contributed by atoms with Crippen molar-refractivity contribution in [3.8, 4) is 5.75 Å². The Bertz CT molecular complexity index is 1680. The fraction of sp³-hybridized carbons (Fsp3) is 0.276. The second kappa shape index (κ2) is 11.4. The summed E-state index contributed by atoms with van der Waals surface area (Å²) in [5.41, 5.74) is 2.82. The number of alkyl halides is 3. The average molecular weight is 581 g/mol. The van der Waals surface area contributed by atoms with Crippen LogP contribution >= 0.6 is 0 Å². The highest BCUT2D eigenvalue weighted by Crippen LogP contribution is 2.40. The number of methoxy groups -OCH3 is 1. The van der Waals surface area contributed by atoms with Crippen LogP contribution < -0.4 is 15.4 Å². The zero-order valence-corrected chi connectivity index (χ0v) is 24.2. The first kappa shape index (κ1) is 28.4. The molecule has 0 aliphatic carbocycles. The van der Waals surface area contributed by atoms with Crippen molar-refractivity contribution in [1.82, 2.24) is 19.9 Å². The number of ether oxygens (including phenoxy) is 2. The van der Waals surface area contributed by atoms with Gasteiger partial charge in [0.25, 0.3) is 0 Å². The van der Waals surface area contributed by atoms with Crippen molar-refractivity contribution in [3.05, 3.63) is 72.2 Å². The van der Waals surface area contributed by atoms with Crippen LogP contribution in [0.15, 0.2) is 61.1 Å². The number of pyridine rings is 1. The predicted molar refractivity (Wildman–Crippen MR) is 158 cm³/mol. The van der Waals surface area contributed by atoms with Crippen LogP contribution in [0.3, 0.4) is 0 Å². The number of nitrogens with one attached hydrogen (secondary N) is 3. The van der Waals surface area contributed by atoms with Crippen LogP contribution in [0.1, 0.15) is 11.1 Å². The van der Waals surface area contributed by atoms with Crippen LogP contribution in [0.5, 0.6) is 5.75 Å². The second-order valence-corrected chi connectivity index (χ2v) is 16.5. The van der Waals surface area contributed by atoms with Crippen LogP contribution in [0.4, 0.5) is 36.3 Å². The number of hydrogen-bond acceptors (Lipinski definition) is 7. The largest absolute Gasteiger partial charge is 0.495 e. The smallest absolute Gasteiger partial charge is 0.416 e. The van der Waals surface area contributed by atoms with Gasteiger partial charge in [-0.1, -0.05) is 37.8 Å². The van der Waals surface area contributed by atoms with Gasteiger partial charge in [-0.15, -0.1) is 0 Å². The molecule has 0 amide bonds. The van der Waals surface area contributed by atoms with Crippen LogP contribution in [0.2, 0.25) is 25.7 Å². The third-order valence-corrected chi connectivity index (χ3v) is 8.29. The van der Waals surface area contributed by atoms with E-state index in [2.05, 4.69) is 56.3 Å². The molecule has 8 nitrogen and oxygen atoms in total. The van der Waals surface area contributed by atoms with E-state index in [0.29, 0.717) is 23.9 Å². The van der Waals surface area contributed by atoms with E-state index < -0.39 is 19.8 Å². The minimum Gasteiger partial charge on any atom is -0.495 e. The lowest BCUT2D eigenvalue weighted by Gasteiger charge is -2.15. The molecule has 5 rings (SSSR count). The van der Waals surface area contributed by atoms with Crippen molar-refractivity contribution >= 4 is 53.0 Å². The van der Waals surface area contributed by atoms with Crippen LogP contribution in [0.25, 0.3) is 21.8 Å². The molecule has 0 aliphatic heterocycles. The molecule has 0 spiro atoms. The first-order valence-electron chi connectivity index (χ1n) is 13.1. The van der Waals surface area contributed by atoms with Gasteiger partial charge in [-0.25, -0.2) is 15.0 Å². The Labute approximate surface area is 236 Å². The van der Waals surface area contributed by atoms with Gasteiger partial charge < -0.3 is 25.1 Å². The molecule has 5 aromatic rings. The molecule has 0 saturated heterocycles. The fourth-order valence-corrected chi connectivity index (χ4v) is 5.22. The van der Waals surface area contributed by atoms with Crippen LogP contribution in [-0.4, -0.2) is 41.7 Å². The zero-order valence-electron chi connectivity index (χ0n) is 23.2. The molecular weight excluding hydrogens is 549 g/mol. The highest BCUT2D eigenvalue weighted by atomic mass is 28.3. The van der Waals surface area contributed by atoms with E-state index in [1.165, 1.54) is 6.33 Å². The normalized spacial score (nSPS) is 12.2. The number of anilines is 4. The molecule has 214 valence electrons. The lowest BCUT2D eigenvalue weighted by Crippen LogP contribution is -2.21. The number of benzene rings is 2. The van der Waals surface area contributed by atoms with Crippen molar-refractivity contribution in [2.75, 3.05) is 24.4 Å². The summed E-state index contributed by atoms with van der Waals surface area (Å²) in [5.74, 6) is 1.31. The molecule has 0 aliphatic rings. The van der Waals surface area contributed by atoms with E-state index in [1.54, 1.807) is 13.2 Å². The number of H-pyrrole nitrogens is 1. The molecule has 12 heteroatoms. The summed E-state index contributed by atoms with van der Waals surface area (Å²) in [7, 11) is 0.403. The van der Waals surface area contributed by atoms with Gasteiger partial charge in [-0.05, 0) is 30.3 Å². The van der Waals surface area contributed by atoms with Gasteiger partial charge in [0.2, 0.25) is 0 Å². The van der Waals surface area contributed by atoms with Gasteiger partial charge in [0.1, 0.15) is 29.5 Å². The molecule has 0 fully saturated rings. The van der Waals surface area contributed by atoms with Crippen molar-refractivity contribution in [3.63, 3.8) is 0 Å². The maximum atomic E-state index is 13.1. The Balaban J connectivity index is 1.45. The third-order valence-electron chi connectivity index (χ3n) is 6.58. The molecular formula is C29H31F3N6O2Si. The Hall–Kier alpha value is -4.16. The van der Waals surface area contributed by atoms with Crippen molar-refractivity contribution < 1.29 is 22.6 Å². The quantitative estimate of drug-likeness (QED) is 0.114. The Morgan fingerprint density at radius 2 is 1.68 bits per heavy atom. The first-order chi connectivity index (χ1) is 19.5. The Morgan fingerprint density at radius 3 is 2.41 bits per heavy atom. The minimum absolute atomic E-state index is 0.0142. The Morgan fingerprint density at radius 1 is 0.927 bits per heavy atom. The van der Waals surface area contributed by atoms with Crippen molar-refractivity contribution in [2.24, 2.45) is 0 Å². The van der Waals surface area contributed by atoms with Gasteiger partial charge in [-0.2, -0.15) is 13.2 Å². The average Bonchev–Trinajstić information content (AvgIpc) is 3.30. The molecule has 0 radical (unpaired) electrons. The van der Waals surface area contributed by atoms with Crippen molar-refractivity contribution in [1.29, 1.82) is 0 Å². The van der Waals surface area contributed by atoms with Gasteiger partial charge >= 0.3 is 6.18 Å². The van der Waals surface area contributed by atoms with Gasteiger partial charge in [0, 0.05) is 48.8 Å². The van der Waals surface area contributed by atoms with Crippen LogP contribution in [0, 0.1) is 0 Å². The van der Waals surface area contributed by atoms with Crippen LogP contribution in [-0.2, 0) is 17.5 Å². The standard InChI is InChI=1S/C29H31F3N6O2Si/c1-39-22-9-8-21-26(20-7-5-6-18(27(20)36-21)16-40-12-13-41(2,3)4)28(22)38-25-15-24(34-17-35-25)37-23-14-19(10-11-33-23)29(30,31)32/h5-11,14-15,17,36H,12-13,16H2,1-4H3,(H2,33,34,35,37,38). The Kier molecular flexibility index (Phi) is 7.87. The van der Waals surface area contributed by atoms with E-state index in [1.807, 2.05) is 24.3 Å². The summed E-state index contributed by atoms with van der Waals surface area (Å²) in [6.07, 6.45) is -2.07. The first-order valence-corrected chi connectivity index (χ1v) is 16.8. The molecule has 0 unspecified atom stereocenters. The summed E-state index contributed by atoms with van der Waals surface area (Å²) in [6.45, 7) is 8.22. The van der Waals surface area contributed by atoms with E-state index in [4.69, 9.17) is 9.47 Å². The number of halogens is 3. The summed E-state index contributed by atoms with van der Waals surface area (Å²) in [6, 6.07) is 14.4. The number of fused-ring (bicyclic) bond motifs is 3. The molecule has 0 saturated carbocycles. The number of hydrogen-bond donors (Lipinski definition) is 3. The zero-order chi connectivity index (χ0) is 29.2. The third kappa shape index (κ3) is 6.60. The second-order valence-electron chi connectivity index (χ2n) is 10.9. The van der Waals surface area contributed by atoms with Gasteiger partial charge in [0.15, 0.2) is 0 Å². The highest BCUT2D eigenvalue weighted by molar-refractivity contribution is 6.76. The van der Waals surface area contributed by atoms with E-state index in [-0.39, 0.29) is 11.6 Å². The van der Waals surface area contributed by atoms with E-state index in [0.717, 1.165) is 58.3 Å². The summed E-state index contributed by atoms with van der Waals surface area (Å²) < 4.78 is 51.1. The minimum atomic E-state index is -4.48. The number of aromatic nitrogens is 4. The summed E-state index contributed by atoms with van der Waals surface area (Å²) in [4.78, 5) is 16.0. The lowest BCUT2D eigenvalue weighted by atomic mass is 10.1. The van der Waals surface area contributed by atoms with Gasteiger partial charge in [-0.3, -0.25) is 0 Å². The molecule has 3 heterocycles. The van der Waals surface area contributed by atoms with Gasteiger partial charge in [0.05, 0.1) is 30.5 Å². The lowest BCUT2D eigenvalue weighted by molar-refractivity contribution is -0.137. The van der Waals surface area contributed by atoms with Crippen molar-refractivity contribution in [2.45, 2.75) is 38.5 Å². The number of nitrogens with zero attached hydrogens (tertiary/aromatic N) is 3. The maximum absolute atomic E-state index is 13.1. The molecule has 3 aromatic heterocycles. The molecule has 0 bridgehead atoms. The number of rotatable bonds is 10. The summed E-state index contributed by atoms with van der Waals surface area (Å²) >= 11 is 0. The fourth-order valence-electron chi connectivity index (χ4n) is 4.46. The molecule has 0 atom stereocenters. The summed E-state index contributed by atoms with van der Waals surface area (Å²) in [5, 5.41) is 8.06. The predicted octanol–water partition coefficient (Wildman–Crippen LogP) is 7.88. The monoisotopic (exact) mass is 580 g/mol. The molecule has 3 N–H and O–H groups in total. The molecule has 2 aromatic carbocycles. The topological polar surface area (TPSA) is 97.0 Å². The number of para-hydroxylation sites is 1. The maximum Gasteiger partial charge on any atom is 0.416 e. The highest BCUT2D eigenvalue weighted by Gasteiger charge is 2.30. The molecule has 41 heavy (non-hydrogen) atoms. The SMILES string of the molecule is COc1ccc2[nH]c3c(COCC[Si](C)(C)C)cccc3c2c1Nc1cc(Nc2cc(C(F)(F)F)ccn2)ncn1.